The van der Waals surface area contributed by atoms with Crippen LogP contribution in [0, 0.1) is 19.8 Å². The van der Waals surface area contributed by atoms with Crippen LogP contribution in [0.3, 0.4) is 0 Å². The van der Waals surface area contributed by atoms with Gasteiger partial charge < -0.3 is 10.8 Å². The van der Waals surface area contributed by atoms with Gasteiger partial charge in [0.2, 0.25) is 0 Å². The summed E-state index contributed by atoms with van der Waals surface area (Å²) in [4.78, 5) is 0. The minimum absolute atomic E-state index is 0.0881. The fourth-order valence-electron chi connectivity index (χ4n) is 1.57. The standard InChI is InChI=1S/C12H19NO/c1-7(2)11(13)10-8(3)5-6-9(4)12(10)14/h5-7,11,14H,13H2,1-4H3/t11-/m0/s1. The minimum atomic E-state index is -0.0881. The predicted octanol–water partition coefficient (Wildman–Crippen LogP) is 2.66. The third-order valence-electron chi connectivity index (χ3n) is 2.69. The molecule has 78 valence electrons. The van der Waals surface area contributed by atoms with E-state index in [2.05, 4.69) is 13.8 Å². The fourth-order valence-corrected chi connectivity index (χ4v) is 1.57. The molecule has 14 heavy (non-hydrogen) atoms. The number of phenols is 1. The molecule has 2 heteroatoms. The normalized spacial score (nSPS) is 13.3. The Bertz CT molecular complexity index is 331. The van der Waals surface area contributed by atoms with Gasteiger partial charge in [0, 0.05) is 11.6 Å². The van der Waals surface area contributed by atoms with Gasteiger partial charge in [0.15, 0.2) is 0 Å². The van der Waals surface area contributed by atoms with Gasteiger partial charge in [-0.1, -0.05) is 26.0 Å². The molecule has 3 N–H and O–H groups in total. The van der Waals surface area contributed by atoms with E-state index in [1.807, 2.05) is 26.0 Å². The molecule has 1 aromatic rings. The van der Waals surface area contributed by atoms with Crippen molar-refractivity contribution in [1.82, 2.24) is 0 Å². The Morgan fingerprint density at radius 3 is 2.14 bits per heavy atom. The van der Waals surface area contributed by atoms with Crippen molar-refractivity contribution in [3.8, 4) is 5.75 Å². The lowest BCUT2D eigenvalue weighted by Gasteiger charge is -2.20. The van der Waals surface area contributed by atoms with Crippen LogP contribution in [0.2, 0.25) is 0 Å². The number of aryl methyl sites for hydroxylation is 2. The first-order valence-electron chi connectivity index (χ1n) is 4.99. The first kappa shape index (κ1) is 11.1. The molecule has 0 aromatic heterocycles. The molecule has 0 radical (unpaired) electrons. The van der Waals surface area contributed by atoms with Gasteiger partial charge >= 0.3 is 0 Å². The van der Waals surface area contributed by atoms with Crippen molar-refractivity contribution in [2.45, 2.75) is 33.7 Å². The number of nitrogens with two attached hydrogens (primary N) is 1. The second-order valence-corrected chi connectivity index (χ2v) is 4.23. The van der Waals surface area contributed by atoms with Gasteiger partial charge in [-0.25, -0.2) is 0 Å². The van der Waals surface area contributed by atoms with Crippen LogP contribution in [0.25, 0.3) is 0 Å². The quantitative estimate of drug-likeness (QED) is 0.758. The Hall–Kier alpha value is -1.02. The SMILES string of the molecule is Cc1ccc(C)c([C@@H](N)C(C)C)c1O. The van der Waals surface area contributed by atoms with Gasteiger partial charge in [-0.3, -0.25) is 0 Å². The molecule has 0 heterocycles. The number of rotatable bonds is 2. The zero-order valence-corrected chi connectivity index (χ0v) is 9.33. The maximum absolute atomic E-state index is 9.92. The van der Waals surface area contributed by atoms with Crippen molar-refractivity contribution in [3.05, 3.63) is 28.8 Å². The summed E-state index contributed by atoms with van der Waals surface area (Å²) in [5.74, 6) is 0.688. The molecule has 0 spiro atoms. The van der Waals surface area contributed by atoms with Crippen LogP contribution < -0.4 is 5.73 Å². The molecule has 0 fully saturated rings. The molecule has 0 saturated heterocycles. The second kappa shape index (κ2) is 4.01. The lowest BCUT2D eigenvalue weighted by molar-refractivity contribution is 0.435. The molecule has 1 rings (SSSR count). The minimum Gasteiger partial charge on any atom is -0.507 e. The topological polar surface area (TPSA) is 46.2 Å². The van der Waals surface area contributed by atoms with Gasteiger partial charge in [0.1, 0.15) is 5.75 Å². The molecule has 0 saturated carbocycles. The maximum atomic E-state index is 9.92. The Kier molecular flexibility index (Phi) is 3.17. The van der Waals surface area contributed by atoms with Gasteiger partial charge in [-0.05, 0) is 30.9 Å². The molecule has 0 bridgehead atoms. The van der Waals surface area contributed by atoms with E-state index in [9.17, 15) is 5.11 Å². The molecule has 2 nitrogen and oxygen atoms in total. The van der Waals surface area contributed by atoms with Crippen LogP contribution in [0.5, 0.6) is 5.75 Å². The smallest absolute Gasteiger partial charge is 0.123 e. The zero-order chi connectivity index (χ0) is 10.9. The highest BCUT2D eigenvalue weighted by Gasteiger charge is 2.17. The van der Waals surface area contributed by atoms with Gasteiger partial charge in [-0.2, -0.15) is 0 Å². The van der Waals surface area contributed by atoms with Crippen molar-refractivity contribution in [2.24, 2.45) is 11.7 Å². The highest BCUT2D eigenvalue weighted by Crippen LogP contribution is 2.32. The molecule has 0 unspecified atom stereocenters. The van der Waals surface area contributed by atoms with E-state index >= 15 is 0 Å². The van der Waals surface area contributed by atoms with E-state index in [4.69, 9.17) is 5.73 Å². The highest BCUT2D eigenvalue weighted by molar-refractivity contribution is 5.46. The fraction of sp³-hybridized carbons (Fsp3) is 0.500. The van der Waals surface area contributed by atoms with Crippen LogP contribution in [0.4, 0.5) is 0 Å². The Labute approximate surface area is 85.8 Å². The van der Waals surface area contributed by atoms with E-state index in [0.717, 1.165) is 16.7 Å². The highest BCUT2D eigenvalue weighted by atomic mass is 16.3. The van der Waals surface area contributed by atoms with E-state index in [0.29, 0.717) is 11.7 Å². The number of hydrogen-bond acceptors (Lipinski definition) is 2. The molecule has 1 atom stereocenters. The number of aromatic hydroxyl groups is 1. The van der Waals surface area contributed by atoms with E-state index in [1.54, 1.807) is 0 Å². The van der Waals surface area contributed by atoms with Crippen LogP contribution in [-0.2, 0) is 0 Å². The molecular formula is C12H19NO. The number of hydrogen-bond donors (Lipinski definition) is 2. The van der Waals surface area contributed by atoms with Crippen molar-refractivity contribution >= 4 is 0 Å². The van der Waals surface area contributed by atoms with Gasteiger partial charge in [0.25, 0.3) is 0 Å². The van der Waals surface area contributed by atoms with Crippen LogP contribution in [0.1, 0.15) is 36.6 Å². The van der Waals surface area contributed by atoms with E-state index in [-0.39, 0.29) is 6.04 Å². The second-order valence-electron chi connectivity index (χ2n) is 4.23. The number of benzene rings is 1. The first-order chi connectivity index (χ1) is 6.45. The third kappa shape index (κ3) is 1.90. The van der Waals surface area contributed by atoms with Gasteiger partial charge in [-0.15, -0.1) is 0 Å². The molecular weight excluding hydrogens is 174 g/mol. The molecule has 0 aliphatic rings. The van der Waals surface area contributed by atoms with E-state index < -0.39 is 0 Å². The molecule has 0 amide bonds. The molecule has 0 aliphatic carbocycles. The summed E-state index contributed by atoms with van der Waals surface area (Å²) in [6.45, 7) is 8.00. The van der Waals surface area contributed by atoms with Crippen molar-refractivity contribution in [1.29, 1.82) is 0 Å². The third-order valence-corrected chi connectivity index (χ3v) is 2.69. The van der Waals surface area contributed by atoms with Crippen LogP contribution >= 0.6 is 0 Å². The van der Waals surface area contributed by atoms with E-state index in [1.165, 1.54) is 0 Å². The lowest BCUT2D eigenvalue weighted by atomic mass is 9.91. The van der Waals surface area contributed by atoms with Crippen LogP contribution in [-0.4, -0.2) is 5.11 Å². The summed E-state index contributed by atoms with van der Waals surface area (Å²) in [5, 5.41) is 9.92. The summed E-state index contributed by atoms with van der Waals surface area (Å²) in [6, 6.07) is 3.84. The molecule has 1 aromatic carbocycles. The Morgan fingerprint density at radius 2 is 1.64 bits per heavy atom. The zero-order valence-electron chi connectivity index (χ0n) is 9.33. The summed E-state index contributed by atoms with van der Waals surface area (Å²) in [6.07, 6.45) is 0. The van der Waals surface area contributed by atoms with Gasteiger partial charge in [0.05, 0.1) is 0 Å². The molecule has 0 aliphatic heterocycles. The average molecular weight is 193 g/mol. The van der Waals surface area contributed by atoms with Crippen molar-refractivity contribution < 1.29 is 5.11 Å². The summed E-state index contributed by atoms with van der Waals surface area (Å²) < 4.78 is 0. The summed E-state index contributed by atoms with van der Waals surface area (Å²) in [7, 11) is 0. The largest absolute Gasteiger partial charge is 0.507 e. The van der Waals surface area contributed by atoms with Crippen molar-refractivity contribution in [3.63, 3.8) is 0 Å². The lowest BCUT2D eigenvalue weighted by Crippen LogP contribution is -2.18. The Balaban J connectivity index is 3.25. The van der Waals surface area contributed by atoms with Crippen LogP contribution in [0.15, 0.2) is 12.1 Å². The Morgan fingerprint density at radius 1 is 1.14 bits per heavy atom. The monoisotopic (exact) mass is 193 g/mol. The number of phenolic OH excluding ortho intramolecular Hbond substituents is 1. The summed E-state index contributed by atoms with van der Waals surface area (Å²) in [5.41, 5.74) is 8.89. The summed E-state index contributed by atoms with van der Waals surface area (Å²) >= 11 is 0. The van der Waals surface area contributed by atoms with Crippen molar-refractivity contribution in [2.75, 3.05) is 0 Å². The maximum Gasteiger partial charge on any atom is 0.123 e. The predicted molar refractivity (Wildman–Crippen MR) is 59.3 cm³/mol. The average Bonchev–Trinajstić information content (AvgIpc) is 2.12. The first-order valence-corrected chi connectivity index (χ1v) is 4.99.